The summed E-state index contributed by atoms with van der Waals surface area (Å²) in [5.74, 6) is 3.87. The molecule has 4 heteroatoms. The molecule has 2 atom stereocenters. The molecule has 1 fully saturated rings. The molecule has 0 aromatic carbocycles. The zero-order valence-corrected chi connectivity index (χ0v) is 10.0. The van der Waals surface area contributed by atoms with E-state index in [4.69, 9.17) is 4.74 Å². The summed E-state index contributed by atoms with van der Waals surface area (Å²) in [5, 5.41) is 4.23. The molecule has 1 saturated heterocycles. The Morgan fingerprint density at radius 1 is 1.54 bits per heavy atom. The Morgan fingerprint density at radius 2 is 2.38 bits per heavy atom. The molecule has 1 aliphatic heterocycles. The second kappa shape index (κ2) is 6.98. The summed E-state index contributed by atoms with van der Waals surface area (Å²) in [7, 11) is 1.78. The van der Waals surface area contributed by atoms with Crippen LogP contribution in [0.15, 0.2) is 0 Å². The molecule has 0 bridgehead atoms. The molecule has 0 aliphatic carbocycles. The van der Waals surface area contributed by atoms with Gasteiger partial charge in [0.05, 0.1) is 6.61 Å². The van der Waals surface area contributed by atoms with Crippen LogP contribution in [0, 0.1) is 0 Å². The van der Waals surface area contributed by atoms with Crippen molar-refractivity contribution < 1.29 is 4.74 Å². The van der Waals surface area contributed by atoms with Gasteiger partial charge < -0.3 is 10.1 Å². The van der Waals surface area contributed by atoms with Gasteiger partial charge in [-0.2, -0.15) is 23.5 Å². The molecule has 1 heterocycles. The van der Waals surface area contributed by atoms with E-state index in [0.717, 1.165) is 18.4 Å². The first-order valence-corrected chi connectivity index (χ1v) is 7.00. The van der Waals surface area contributed by atoms with Gasteiger partial charge in [0.25, 0.3) is 0 Å². The van der Waals surface area contributed by atoms with Crippen LogP contribution in [-0.2, 0) is 4.74 Å². The van der Waals surface area contributed by atoms with Crippen LogP contribution in [0.25, 0.3) is 0 Å². The molecule has 0 radical (unpaired) electrons. The summed E-state index contributed by atoms with van der Waals surface area (Å²) in [4.78, 5) is 0. The van der Waals surface area contributed by atoms with Gasteiger partial charge in [-0.1, -0.05) is 6.92 Å². The Bertz CT molecular complexity index is 123. The van der Waals surface area contributed by atoms with Crippen LogP contribution in [-0.4, -0.2) is 48.8 Å². The fourth-order valence-electron chi connectivity index (χ4n) is 1.48. The predicted molar refractivity (Wildman–Crippen MR) is 62.9 cm³/mol. The third kappa shape index (κ3) is 4.11. The third-order valence-electron chi connectivity index (χ3n) is 2.10. The monoisotopic (exact) mass is 221 g/mol. The van der Waals surface area contributed by atoms with Crippen LogP contribution >= 0.6 is 23.5 Å². The van der Waals surface area contributed by atoms with Crippen molar-refractivity contribution in [2.24, 2.45) is 0 Å². The molecule has 0 spiro atoms. The van der Waals surface area contributed by atoms with Crippen molar-refractivity contribution >= 4 is 23.5 Å². The molecule has 2 unspecified atom stereocenters. The zero-order chi connectivity index (χ0) is 9.52. The minimum Gasteiger partial charge on any atom is -0.383 e. The van der Waals surface area contributed by atoms with Crippen molar-refractivity contribution in [1.82, 2.24) is 5.32 Å². The van der Waals surface area contributed by atoms with Crippen LogP contribution in [0.4, 0.5) is 0 Å². The lowest BCUT2D eigenvalue weighted by Gasteiger charge is -2.29. The number of hydrogen-bond acceptors (Lipinski definition) is 4. The number of ether oxygens (including phenoxy) is 1. The Hall–Kier alpha value is 0.620. The van der Waals surface area contributed by atoms with Crippen LogP contribution in [0.5, 0.6) is 0 Å². The molecule has 0 aromatic heterocycles. The largest absolute Gasteiger partial charge is 0.383 e. The van der Waals surface area contributed by atoms with Crippen molar-refractivity contribution in [3.8, 4) is 0 Å². The smallest absolute Gasteiger partial charge is 0.0626 e. The van der Waals surface area contributed by atoms with Crippen LogP contribution in [0.2, 0.25) is 0 Å². The summed E-state index contributed by atoms with van der Waals surface area (Å²) in [5.41, 5.74) is 0. The van der Waals surface area contributed by atoms with E-state index >= 15 is 0 Å². The van der Waals surface area contributed by atoms with E-state index in [1.54, 1.807) is 7.11 Å². The summed E-state index contributed by atoms with van der Waals surface area (Å²) < 4.78 is 5.22. The minimum absolute atomic E-state index is 0.535. The lowest BCUT2D eigenvalue weighted by molar-refractivity contribution is 0.167. The minimum atomic E-state index is 0.535. The number of rotatable bonds is 5. The van der Waals surface area contributed by atoms with Crippen LogP contribution < -0.4 is 5.32 Å². The Balaban J connectivity index is 2.32. The molecule has 78 valence electrons. The van der Waals surface area contributed by atoms with Gasteiger partial charge >= 0.3 is 0 Å². The highest BCUT2D eigenvalue weighted by Gasteiger charge is 2.23. The van der Waals surface area contributed by atoms with Crippen molar-refractivity contribution in [1.29, 1.82) is 0 Å². The third-order valence-corrected chi connectivity index (χ3v) is 5.02. The average molecular weight is 221 g/mol. The van der Waals surface area contributed by atoms with E-state index in [0.29, 0.717) is 6.04 Å². The molecule has 0 aromatic rings. The van der Waals surface area contributed by atoms with Crippen molar-refractivity contribution in [2.45, 2.75) is 18.2 Å². The highest BCUT2D eigenvalue weighted by molar-refractivity contribution is 8.06. The molecule has 1 N–H and O–H groups in total. The molecule has 1 rings (SSSR count). The van der Waals surface area contributed by atoms with Gasteiger partial charge in [-0.25, -0.2) is 0 Å². The van der Waals surface area contributed by atoms with Crippen molar-refractivity contribution in [3.63, 3.8) is 0 Å². The highest BCUT2D eigenvalue weighted by atomic mass is 32.2. The second-order valence-electron chi connectivity index (χ2n) is 3.10. The predicted octanol–water partition coefficient (Wildman–Crippen LogP) is 1.46. The summed E-state index contributed by atoms with van der Waals surface area (Å²) in [6, 6.07) is 0.535. The molecule has 1 aliphatic rings. The van der Waals surface area contributed by atoms with Gasteiger partial charge in [0.15, 0.2) is 0 Å². The Kier molecular flexibility index (Phi) is 6.28. The quantitative estimate of drug-likeness (QED) is 0.758. The van der Waals surface area contributed by atoms with Gasteiger partial charge in [-0.05, 0) is 6.54 Å². The highest BCUT2D eigenvalue weighted by Crippen LogP contribution is 2.26. The molecule has 2 nitrogen and oxygen atoms in total. The molecule has 13 heavy (non-hydrogen) atoms. The maximum absolute atomic E-state index is 5.22. The molecule has 0 saturated carbocycles. The topological polar surface area (TPSA) is 21.3 Å². The van der Waals surface area contributed by atoms with E-state index in [1.807, 2.05) is 0 Å². The molecule has 0 amide bonds. The van der Waals surface area contributed by atoms with Crippen molar-refractivity contribution in [3.05, 3.63) is 0 Å². The van der Waals surface area contributed by atoms with Crippen LogP contribution in [0.1, 0.15) is 6.92 Å². The average Bonchev–Trinajstić information content (AvgIpc) is 2.19. The Morgan fingerprint density at radius 3 is 2.92 bits per heavy atom. The second-order valence-corrected chi connectivity index (χ2v) is 5.60. The maximum Gasteiger partial charge on any atom is 0.0626 e. The van der Waals surface area contributed by atoms with Gasteiger partial charge in [-0.15, -0.1) is 0 Å². The van der Waals surface area contributed by atoms with Crippen molar-refractivity contribution in [2.75, 3.05) is 37.5 Å². The summed E-state index contributed by atoms with van der Waals surface area (Å²) >= 11 is 4.15. The Labute approximate surface area is 89.6 Å². The zero-order valence-electron chi connectivity index (χ0n) is 8.41. The van der Waals surface area contributed by atoms with Gasteiger partial charge in [-0.3, -0.25) is 0 Å². The van der Waals surface area contributed by atoms with E-state index in [2.05, 4.69) is 35.8 Å². The first-order valence-electron chi connectivity index (χ1n) is 4.80. The fraction of sp³-hybridized carbons (Fsp3) is 1.00. The fourth-order valence-corrected chi connectivity index (χ4v) is 4.35. The summed E-state index contributed by atoms with van der Waals surface area (Å²) in [6.45, 7) is 4.03. The van der Waals surface area contributed by atoms with Gasteiger partial charge in [0.1, 0.15) is 0 Å². The maximum atomic E-state index is 5.22. The number of nitrogens with one attached hydrogen (secondary N) is 1. The van der Waals surface area contributed by atoms with E-state index in [-0.39, 0.29) is 0 Å². The summed E-state index contributed by atoms with van der Waals surface area (Å²) in [6.07, 6.45) is 0. The van der Waals surface area contributed by atoms with Crippen LogP contribution in [0.3, 0.4) is 0 Å². The lowest BCUT2D eigenvalue weighted by atomic mass is 10.2. The molecular formula is C9H19NOS2. The first kappa shape index (κ1) is 11.7. The number of likely N-dealkylation sites (N-methyl/N-ethyl adjacent to an activating group) is 1. The first-order chi connectivity index (χ1) is 6.38. The number of hydrogen-bond donors (Lipinski definition) is 1. The lowest BCUT2D eigenvalue weighted by Crippen LogP contribution is -2.44. The SMILES string of the molecule is CCNC(COC)C1CSCCS1. The van der Waals surface area contributed by atoms with E-state index < -0.39 is 0 Å². The standard InChI is InChI=1S/C9H19NOS2/c1-3-10-8(6-11-2)9-7-12-4-5-13-9/h8-10H,3-7H2,1-2H3. The number of methoxy groups -OCH3 is 1. The molecular weight excluding hydrogens is 202 g/mol. The van der Waals surface area contributed by atoms with E-state index in [1.165, 1.54) is 17.3 Å². The van der Waals surface area contributed by atoms with E-state index in [9.17, 15) is 0 Å². The van der Waals surface area contributed by atoms with Gasteiger partial charge in [0, 0.05) is 35.7 Å². The normalized spacial score (nSPS) is 25.8. The van der Waals surface area contributed by atoms with Gasteiger partial charge in [0.2, 0.25) is 0 Å². The number of thioether (sulfide) groups is 2.